The number of carbonyl (C=O) groups excluding carboxylic acids is 1. The highest BCUT2D eigenvalue weighted by Gasteiger charge is 2.43. The summed E-state index contributed by atoms with van der Waals surface area (Å²) in [5.74, 6) is 0.923. The van der Waals surface area contributed by atoms with Gasteiger partial charge in [0.05, 0.1) is 6.61 Å². The fourth-order valence-electron chi connectivity index (χ4n) is 4.70. The number of Topliss-reactive ketones (excluding diaryl/α,β-unsaturated/α-hetero) is 1. The molecule has 0 amide bonds. The Morgan fingerprint density at radius 3 is 2.81 bits per heavy atom. The largest absolute Gasteiger partial charge is 0.478 e. The van der Waals surface area contributed by atoms with Crippen LogP contribution in [0.2, 0.25) is 0 Å². The van der Waals surface area contributed by atoms with Crippen LogP contribution in [0.5, 0.6) is 5.88 Å². The third kappa shape index (κ3) is 2.57. The smallest absolute Gasteiger partial charge is 0.215 e. The Balaban J connectivity index is 1.60. The quantitative estimate of drug-likeness (QED) is 0.744. The number of hydrogen-bond donors (Lipinski definition) is 2. The zero-order valence-electron chi connectivity index (χ0n) is 15.5. The number of ether oxygens (including phenoxy) is 1. The number of piperidine rings is 1. The maximum Gasteiger partial charge on any atom is 0.215 e. The lowest BCUT2D eigenvalue weighted by atomic mass is 9.74. The highest BCUT2D eigenvalue weighted by atomic mass is 16.5. The van der Waals surface area contributed by atoms with E-state index in [9.17, 15) is 4.79 Å². The first-order valence-corrected chi connectivity index (χ1v) is 9.70. The number of nitrogens with zero attached hydrogens (tertiary/aromatic N) is 1. The Morgan fingerprint density at radius 1 is 1.15 bits per heavy atom. The van der Waals surface area contributed by atoms with E-state index >= 15 is 0 Å². The summed E-state index contributed by atoms with van der Waals surface area (Å²) in [6.07, 6.45) is 4.71. The summed E-state index contributed by atoms with van der Waals surface area (Å²) < 4.78 is 5.50. The summed E-state index contributed by atoms with van der Waals surface area (Å²) in [5, 5.41) is 4.50. The van der Waals surface area contributed by atoms with E-state index in [-0.39, 0.29) is 5.41 Å². The van der Waals surface area contributed by atoms with Crippen molar-refractivity contribution in [2.24, 2.45) is 0 Å². The average molecular weight is 361 g/mol. The molecule has 138 valence electrons. The van der Waals surface area contributed by atoms with Crippen molar-refractivity contribution in [3.8, 4) is 17.0 Å². The lowest BCUT2D eigenvalue weighted by molar-refractivity contribution is 0.0964. The van der Waals surface area contributed by atoms with Gasteiger partial charge in [-0.25, -0.2) is 0 Å². The third-order valence-corrected chi connectivity index (χ3v) is 6.07. The Kier molecular flexibility index (Phi) is 3.79. The number of H-pyrrole nitrogens is 1. The van der Waals surface area contributed by atoms with Gasteiger partial charge in [0, 0.05) is 40.6 Å². The Labute approximate surface area is 158 Å². The van der Waals surface area contributed by atoms with Gasteiger partial charge in [0.15, 0.2) is 5.78 Å². The molecule has 1 spiro atoms. The van der Waals surface area contributed by atoms with Gasteiger partial charge in [-0.15, -0.1) is 0 Å². The Morgan fingerprint density at radius 2 is 2.00 bits per heavy atom. The molecular weight excluding hydrogens is 338 g/mol. The fraction of sp³-hybridized carbons (Fsp3) is 0.364. The van der Waals surface area contributed by atoms with Crippen LogP contribution in [0.25, 0.3) is 22.2 Å². The molecule has 0 unspecified atom stereocenters. The predicted octanol–water partition coefficient (Wildman–Crippen LogP) is 3.84. The standard InChI is InChI=1S/C22H23N3O2/c1-2-27-20-6-5-15-17(13-24-21(15)25-20)14-3-4-16-18(11-14)22(12-19(16)26)7-9-23-10-8-22/h3-6,11,13,23H,2,7-10,12H2,1H3,(H,24,25). The number of hydrogen-bond acceptors (Lipinski definition) is 4. The molecule has 5 heteroatoms. The lowest BCUT2D eigenvalue weighted by Crippen LogP contribution is -2.38. The number of nitrogens with one attached hydrogen (secondary N) is 2. The molecule has 3 aromatic rings. The molecular formula is C22H23N3O2. The number of fused-ring (bicyclic) bond motifs is 3. The summed E-state index contributed by atoms with van der Waals surface area (Å²) in [7, 11) is 0. The zero-order valence-corrected chi connectivity index (χ0v) is 15.5. The number of benzene rings is 1. The van der Waals surface area contributed by atoms with Crippen molar-refractivity contribution >= 4 is 16.8 Å². The van der Waals surface area contributed by atoms with E-state index in [1.165, 1.54) is 5.56 Å². The first kappa shape index (κ1) is 16.5. The molecule has 2 aliphatic rings. The van der Waals surface area contributed by atoms with Gasteiger partial charge in [-0.1, -0.05) is 12.1 Å². The molecule has 3 heterocycles. The van der Waals surface area contributed by atoms with E-state index in [0.717, 1.165) is 53.7 Å². The van der Waals surface area contributed by atoms with Crippen molar-refractivity contribution in [3.05, 3.63) is 47.7 Å². The molecule has 5 nitrogen and oxygen atoms in total. The Hall–Kier alpha value is -2.66. The molecule has 1 saturated heterocycles. The van der Waals surface area contributed by atoms with Crippen LogP contribution in [-0.4, -0.2) is 35.4 Å². The molecule has 5 rings (SSSR count). The van der Waals surface area contributed by atoms with E-state index in [1.54, 1.807) is 0 Å². The molecule has 1 aliphatic heterocycles. The summed E-state index contributed by atoms with van der Waals surface area (Å²) in [5.41, 5.74) is 5.24. The normalized spacial score (nSPS) is 18.2. The molecule has 2 N–H and O–H groups in total. The number of rotatable bonds is 3. The molecule has 1 aromatic carbocycles. The molecule has 27 heavy (non-hydrogen) atoms. The number of aromatic amines is 1. The van der Waals surface area contributed by atoms with Crippen LogP contribution in [0.15, 0.2) is 36.5 Å². The SMILES string of the molecule is CCOc1ccc2c(-c3ccc4c(c3)C3(CCNCC3)CC4=O)c[nH]c2n1. The minimum Gasteiger partial charge on any atom is -0.478 e. The van der Waals surface area contributed by atoms with E-state index in [2.05, 4.69) is 33.5 Å². The average Bonchev–Trinajstić information content (AvgIpc) is 3.22. The second-order valence-corrected chi connectivity index (χ2v) is 7.57. The van der Waals surface area contributed by atoms with E-state index in [1.807, 2.05) is 25.3 Å². The lowest BCUT2D eigenvalue weighted by Gasteiger charge is -2.34. The summed E-state index contributed by atoms with van der Waals surface area (Å²) >= 11 is 0. The topological polar surface area (TPSA) is 67.0 Å². The van der Waals surface area contributed by atoms with Gasteiger partial charge in [0.25, 0.3) is 0 Å². The maximum absolute atomic E-state index is 12.6. The second kappa shape index (κ2) is 6.20. The van der Waals surface area contributed by atoms with E-state index in [4.69, 9.17) is 4.74 Å². The molecule has 0 saturated carbocycles. The highest BCUT2D eigenvalue weighted by molar-refractivity contribution is 6.03. The van der Waals surface area contributed by atoms with Crippen LogP contribution >= 0.6 is 0 Å². The van der Waals surface area contributed by atoms with Gasteiger partial charge >= 0.3 is 0 Å². The fourth-order valence-corrected chi connectivity index (χ4v) is 4.70. The van der Waals surface area contributed by atoms with E-state index in [0.29, 0.717) is 24.7 Å². The molecule has 0 radical (unpaired) electrons. The predicted molar refractivity (Wildman–Crippen MR) is 105 cm³/mol. The monoisotopic (exact) mass is 361 g/mol. The molecule has 0 atom stereocenters. The van der Waals surface area contributed by atoms with E-state index < -0.39 is 0 Å². The van der Waals surface area contributed by atoms with Gasteiger partial charge in [-0.05, 0) is 56.1 Å². The first-order chi connectivity index (χ1) is 13.2. The Bertz CT molecular complexity index is 1030. The third-order valence-electron chi connectivity index (χ3n) is 6.07. The van der Waals surface area contributed by atoms with Gasteiger partial charge in [-0.3, -0.25) is 4.79 Å². The van der Waals surface area contributed by atoms with Crippen LogP contribution in [0.1, 0.15) is 42.1 Å². The number of pyridine rings is 1. The van der Waals surface area contributed by atoms with Gasteiger partial charge < -0.3 is 15.0 Å². The first-order valence-electron chi connectivity index (χ1n) is 9.70. The van der Waals surface area contributed by atoms with Crippen molar-refractivity contribution < 1.29 is 9.53 Å². The molecule has 0 bridgehead atoms. The highest BCUT2D eigenvalue weighted by Crippen LogP contribution is 2.46. The summed E-state index contributed by atoms with van der Waals surface area (Å²) in [4.78, 5) is 20.4. The van der Waals surface area contributed by atoms with Crippen molar-refractivity contribution in [1.29, 1.82) is 0 Å². The van der Waals surface area contributed by atoms with Crippen molar-refractivity contribution in [2.45, 2.75) is 31.6 Å². The number of carbonyl (C=O) groups is 1. The van der Waals surface area contributed by atoms with Crippen LogP contribution in [0, 0.1) is 0 Å². The van der Waals surface area contributed by atoms with Crippen LogP contribution < -0.4 is 10.1 Å². The number of ketones is 1. The molecule has 1 fully saturated rings. The van der Waals surface area contributed by atoms with Crippen LogP contribution in [-0.2, 0) is 5.41 Å². The van der Waals surface area contributed by atoms with Crippen molar-refractivity contribution in [1.82, 2.24) is 15.3 Å². The minimum absolute atomic E-state index is 0.0141. The zero-order chi connectivity index (χ0) is 18.4. The van der Waals surface area contributed by atoms with Crippen molar-refractivity contribution in [2.75, 3.05) is 19.7 Å². The van der Waals surface area contributed by atoms with Crippen LogP contribution in [0.4, 0.5) is 0 Å². The molecule has 2 aromatic heterocycles. The van der Waals surface area contributed by atoms with Gasteiger partial charge in [0.1, 0.15) is 5.65 Å². The summed E-state index contributed by atoms with van der Waals surface area (Å²) in [6.45, 7) is 4.51. The number of aromatic nitrogens is 2. The van der Waals surface area contributed by atoms with Gasteiger partial charge in [-0.2, -0.15) is 4.98 Å². The maximum atomic E-state index is 12.6. The van der Waals surface area contributed by atoms with Gasteiger partial charge in [0.2, 0.25) is 5.88 Å². The second-order valence-electron chi connectivity index (χ2n) is 7.57. The summed E-state index contributed by atoms with van der Waals surface area (Å²) in [6, 6.07) is 10.3. The van der Waals surface area contributed by atoms with Crippen LogP contribution in [0.3, 0.4) is 0 Å². The minimum atomic E-state index is 0.0141. The molecule has 1 aliphatic carbocycles. The van der Waals surface area contributed by atoms with Crippen molar-refractivity contribution in [3.63, 3.8) is 0 Å².